The summed E-state index contributed by atoms with van der Waals surface area (Å²) >= 11 is 12.1. The average molecular weight is 274 g/mol. The fourth-order valence-corrected chi connectivity index (χ4v) is 2.52. The van der Waals surface area contributed by atoms with Gasteiger partial charge in [-0.2, -0.15) is 0 Å². The van der Waals surface area contributed by atoms with E-state index >= 15 is 0 Å². The van der Waals surface area contributed by atoms with Crippen LogP contribution in [-0.2, 0) is 0 Å². The van der Waals surface area contributed by atoms with Gasteiger partial charge in [-0.1, -0.05) is 23.2 Å². The molecule has 1 aliphatic carbocycles. The Labute approximate surface area is 112 Å². The minimum atomic E-state index is -0.515. The Morgan fingerprint density at radius 2 is 2.12 bits per heavy atom. The van der Waals surface area contributed by atoms with E-state index in [0.29, 0.717) is 16.6 Å². The number of hydrogen-bond acceptors (Lipinski definition) is 2. The molecule has 94 valence electrons. The molecule has 0 heterocycles. The summed E-state index contributed by atoms with van der Waals surface area (Å²) in [7, 11) is 0. The van der Waals surface area contributed by atoms with Gasteiger partial charge in [-0.15, -0.1) is 0 Å². The van der Waals surface area contributed by atoms with Crippen LogP contribution in [0, 0.1) is 0 Å². The molecule has 0 aromatic heterocycles. The van der Waals surface area contributed by atoms with Crippen molar-refractivity contribution in [2.24, 2.45) is 0 Å². The summed E-state index contributed by atoms with van der Waals surface area (Å²) in [5.74, 6) is 0. The number of benzene rings is 1. The van der Waals surface area contributed by atoms with Gasteiger partial charge in [0.05, 0.1) is 5.60 Å². The van der Waals surface area contributed by atoms with Crippen LogP contribution >= 0.6 is 23.2 Å². The lowest BCUT2D eigenvalue weighted by molar-refractivity contribution is -0.0329. The maximum atomic E-state index is 10.0. The molecule has 0 bridgehead atoms. The van der Waals surface area contributed by atoms with Crippen molar-refractivity contribution in [2.45, 2.75) is 37.8 Å². The topological polar surface area (TPSA) is 32.3 Å². The molecule has 0 spiro atoms. The Morgan fingerprint density at radius 1 is 1.41 bits per heavy atom. The molecule has 1 fully saturated rings. The van der Waals surface area contributed by atoms with Gasteiger partial charge in [-0.3, -0.25) is 0 Å². The third-order valence-corrected chi connectivity index (χ3v) is 4.03. The second-order valence-electron chi connectivity index (χ2n) is 4.85. The van der Waals surface area contributed by atoms with Crippen LogP contribution in [0.5, 0.6) is 0 Å². The van der Waals surface area contributed by atoms with Crippen molar-refractivity contribution in [3.63, 3.8) is 0 Å². The first-order valence-electron chi connectivity index (χ1n) is 5.91. The van der Waals surface area contributed by atoms with E-state index in [9.17, 15) is 5.11 Å². The first-order valence-corrected chi connectivity index (χ1v) is 6.66. The van der Waals surface area contributed by atoms with Crippen molar-refractivity contribution in [1.82, 2.24) is 5.32 Å². The highest BCUT2D eigenvalue weighted by atomic mass is 35.5. The SMILES string of the molecule is CC(NCC1(O)CCC1)c1cc(Cl)ccc1Cl. The van der Waals surface area contributed by atoms with E-state index in [1.807, 2.05) is 13.0 Å². The zero-order valence-electron chi connectivity index (χ0n) is 9.84. The van der Waals surface area contributed by atoms with Gasteiger partial charge in [-0.05, 0) is 49.9 Å². The molecule has 0 amide bonds. The summed E-state index contributed by atoms with van der Waals surface area (Å²) in [6.45, 7) is 2.64. The van der Waals surface area contributed by atoms with Gasteiger partial charge in [0.15, 0.2) is 0 Å². The first-order chi connectivity index (χ1) is 8.00. The van der Waals surface area contributed by atoms with E-state index in [1.165, 1.54) is 0 Å². The summed E-state index contributed by atoms with van der Waals surface area (Å²) in [5.41, 5.74) is 0.460. The number of aliphatic hydroxyl groups is 1. The Morgan fingerprint density at radius 3 is 2.71 bits per heavy atom. The van der Waals surface area contributed by atoms with E-state index < -0.39 is 5.60 Å². The highest BCUT2D eigenvalue weighted by molar-refractivity contribution is 6.33. The van der Waals surface area contributed by atoms with E-state index in [0.717, 1.165) is 24.8 Å². The molecule has 1 aromatic carbocycles. The molecule has 0 saturated heterocycles. The van der Waals surface area contributed by atoms with Crippen LogP contribution in [0.2, 0.25) is 10.0 Å². The number of nitrogens with one attached hydrogen (secondary N) is 1. The molecule has 0 radical (unpaired) electrons. The van der Waals surface area contributed by atoms with E-state index in [1.54, 1.807) is 12.1 Å². The monoisotopic (exact) mass is 273 g/mol. The molecule has 1 atom stereocenters. The average Bonchev–Trinajstić information content (AvgIpc) is 2.26. The minimum absolute atomic E-state index is 0.0887. The molecule has 1 saturated carbocycles. The largest absolute Gasteiger partial charge is 0.389 e. The predicted molar refractivity (Wildman–Crippen MR) is 71.7 cm³/mol. The molecule has 2 nitrogen and oxygen atoms in total. The zero-order valence-corrected chi connectivity index (χ0v) is 11.4. The van der Waals surface area contributed by atoms with Crippen LogP contribution in [0.25, 0.3) is 0 Å². The van der Waals surface area contributed by atoms with Crippen LogP contribution in [0.15, 0.2) is 18.2 Å². The van der Waals surface area contributed by atoms with Crippen LogP contribution in [-0.4, -0.2) is 17.3 Å². The van der Waals surface area contributed by atoms with Crippen LogP contribution in [0.4, 0.5) is 0 Å². The summed E-state index contributed by atoms with van der Waals surface area (Å²) < 4.78 is 0. The number of halogens is 2. The minimum Gasteiger partial charge on any atom is -0.389 e. The van der Waals surface area contributed by atoms with E-state index in [4.69, 9.17) is 23.2 Å². The van der Waals surface area contributed by atoms with Crippen LogP contribution in [0.1, 0.15) is 37.8 Å². The summed E-state index contributed by atoms with van der Waals surface area (Å²) in [6.07, 6.45) is 2.89. The molecular weight excluding hydrogens is 257 g/mol. The van der Waals surface area contributed by atoms with Crippen LogP contribution < -0.4 is 5.32 Å². The third-order valence-electron chi connectivity index (χ3n) is 3.45. The normalized spacial score (nSPS) is 19.8. The molecule has 2 N–H and O–H groups in total. The first kappa shape index (κ1) is 13.2. The lowest BCUT2D eigenvalue weighted by Crippen LogP contribution is -2.46. The number of hydrogen-bond donors (Lipinski definition) is 2. The fraction of sp³-hybridized carbons (Fsp3) is 0.538. The second kappa shape index (κ2) is 5.15. The standard InChI is InChI=1S/C13H17Cl2NO/c1-9(16-8-13(17)5-2-6-13)11-7-10(14)3-4-12(11)15/h3-4,7,9,16-17H,2,5-6,8H2,1H3. The summed E-state index contributed by atoms with van der Waals surface area (Å²) in [4.78, 5) is 0. The lowest BCUT2D eigenvalue weighted by Gasteiger charge is -2.37. The molecule has 0 aliphatic heterocycles. The van der Waals surface area contributed by atoms with E-state index in [-0.39, 0.29) is 6.04 Å². The lowest BCUT2D eigenvalue weighted by atomic mass is 9.80. The van der Waals surface area contributed by atoms with Crippen molar-refractivity contribution in [3.8, 4) is 0 Å². The van der Waals surface area contributed by atoms with Crippen molar-refractivity contribution in [2.75, 3.05) is 6.54 Å². The zero-order chi connectivity index (χ0) is 12.5. The van der Waals surface area contributed by atoms with Crippen molar-refractivity contribution < 1.29 is 5.11 Å². The quantitative estimate of drug-likeness (QED) is 0.879. The predicted octanol–water partition coefficient (Wildman–Crippen LogP) is 3.56. The molecule has 4 heteroatoms. The molecule has 1 aromatic rings. The fourth-order valence-electron chi connectivity index (χ4n) is 2.06. The number of rotatable bonds is 4. The van der Waals surface area contributed by atoms with Crippen LogP contribution in [0.3, 0.4) is 0 Å². The maximum Gasteiger partial charge on any atom is 0.0771 e. The highest BCUT2D eigenvalue weighted by Gasteiger charge is 2.34. The Hall–Kier alpha value is -0.280. The van der Waals surface area contributed by atoms with Gasteiger partial charge in [0.2, 0.25) is 0 Å². The van der Waals surface area contributed by atoms with Gasteiger partial charge in [0.1, 0.15) is 0 Å². The van der Waals surface area contributed by atoms with Gasteiger partial charge in [-0.25, -0.2) is 0 Å². The van der Waals surface area contributed by atoms with E-state index in [2.05, 4.69) is 5.32 Å². The Bertz CT molecular complexity index is 404. The highest BCUT2D eigenvalue weighted by Crippen LogP contribution is 2.32. The van der Waals surface area contributed by atoms with Gasteiger partial charge >= 0.3 is 0 Å². The van der Waals surface area contributed by atoms with Crippen molar-refractivity contribution in [3.05, 3.63) is 33.8 Å². The molecule has 2 rings (SSSR count). The maximum absolute atomic E-state index is 10.0. The molecule has 1 aliphatic rings. The molecular formula is C13H17Cl2NO. The van der Waals surface area contributed by atoms with Gasteiger partial charge in [0, 0.05) is 22.6 Å². The summed E-state index contributed by atoms with van der Waals surface area (Å²) in [5, 5.41) is 14.7. The summed E-state index contributed by atoms with van der Waals surface area (Å²) in [6, 6.07) is 5.53. The van der Waals surface area contributed by atoms with Gasteiger partial charge < -0.3 is 10.4 Å². The third kappa shape index (κ3) is 3.14. The van der Waals surface area contributed by atoms with Crippen molar-refractivity contribution in [1.29, 1.82) is 0 Å². The Kier molecular flexibility index (Phi) is 3.99. The molecule has 17 heavy (non-hydrogen) atoms. The molecule has 1 unspecified atom stereocenters. The second-order valence-corrected chi connectivity index (χ2v) is 5.69. The van der Waals surface area contributed by atoms with Crippen molar-refractivity contribution >= 4 is 23.2 Å². The van der Waals surface area contributed by atoms with Gasteiger partial charge in [0.25, 0.3) is 0 Å². The Balaban J connectivity index is 1.99. The smallest absolute Gasteiger partial charge is 0.0771 e.